The Morgan fingerprint density at radius 1 is 1.06 bits per heavy atom. The average molecular weight is 462 g/mol. The van der Waals surface area contributed by atoms with Gasteiger partial charge in [0.05, 0.1) is 30.3 Å². The Balaban J connectivity index is 1.56. The minimum Gasteiger partial charge on any atom is -0.497 e. The molecule has 1 aromatic heterocycles. The van der Waals surface area contributed by atoms with Gasteiger partial charge in [-0.2, -0.15) is 0 Å². The summed E-state index contributed by atoms with van der Waals surface area (Å²) in [5.41, 5.74) is 3.49. The first kappa shape index (κ1) is 22.4. The minimum absolute atomic E-state index is 0.201. The zero-order valence-corrected chi connectivity index (χ0v) is 19.0. The van der Waals surface area contributed by atoms with E-state index >= 15 is 0 Å². The molecular weight excluding hydrogens is 438 g/mol. The number of nitrogens with one attached hydrogen (secondary N) is 2. The number of thioether (sulfide) groups is 1. The van der Waals surface area contributed by atoms with E-state index < -0.39 is 11.2 Å². The molecule has 0 saturated heterocycles. The summed E-state index contributed by atoms with van der Waals surface area (Å²) in [5.74, 6) is 0.133. The van der Waals surface area contributed by atoms with Crippen molar-refractivity contribution in [2.24, 2.45) is 0 Å². The predicted molar refractivity (Wildman–Crippen MR) is 129 cm³/mol. The fourth-order valence-corrected chi connectivity index (χ4v) is 4.27. The van der Waals surface area contributed by atoms with E-state index in [9.17, 15) is 9.59 Å². The number of esters is 1. The van der Waals surface area contributed by atoms with E-state index in [0.29, 0.717) is 23.0 Å². The molecule has 0 unspecified atom stereocenters. The number of carbonyl (C=O) groups is 2. The number of hydrogen-bond acceptors (Lipinski definition) is 6. The van der Waals surface area contributed by atoms with Crippen LogP contribution in [0.5, 0.6) is 5.75 Å². The summed E-state index contributed by atoms with van der Waals surface area (Å²) in [6.07, 6.45) is 0. The minimum atomic E-state index is -0.543. The maximum Gasteiger partial charge on any atom is 0.338 e. The number of benzene rings is 3. The van der Waals surface area contributed by atoms with Crippen LogP contribution in [0.15, 0.2) is 78.0 Å². The molecule has 2 N–H and O–H groups in total. The van der Waals surface area contributed by atoms with Crippen LogP contribution in [0, 0.1) is 0 Å². The van der Waals surface area contributed by atoms with Gasteiger partial charge in [0.25, 0.3) is 0 Å². The Bertz CT molecular complexity index is 1260. The average Bonchev–Trinajstić information content (AvgIpc) is 3.25. The number of aromatic amines is 1. The van der Waals surface area contributed by atoms with Crippen LogP contribution in [0.4, 0.5) is 5.69 Å². The first-order valence-electron chi connectivity index (χ1n) is 10.4. The van der Waals surface area contributed by atoms with E-state index in [-0.39, 0.29) is 5.91 Å². The second-order valence-corrected chi connectivity index (χ2v) is 8.21. The highest BCUT2D eigenvalue weighted by atomic mass is 32.2. The largest absolute Gasteiger partial charge is 0.497 e. The third-order valence-corrected chi connectivity index (χ3v) is 6.04. The topological polar surface area (TPSA) is 93.3 Å². The van der Waals surface area contributed by atoms with Crippen molar-refractivity contribution in [3.05, 3.63) is 83.9 Å². The molecule has 4 aromatic rings. The van der Waals surface area contributed by atoms with Crippen molar-refractivity contribution in [2.75, 3.05) is 19.0 Å². The third-order valence-electron chi connectivity index (χ3n) is 4.90. The van der Waals surface area contributed by atoms with Gasteiger partial charge in [0, 0.05) is 11.8 Å². The summed E-state index contributed by atoms with van der Waals surface area (Å²) in [5, 5.41) is 3.02. The van der Waals surface area contributed by atoms with Gasteiger partial charge in [-0.3, -0.25) is 4.79 Å². The number of ether oxygens (including phenoxy) is 2. The number of hydrogen-bond donors (Lipinski definition) is 2. The lowest BCUT2D eigenvalue weighted by Gasteiger charge is -2.16. The molecule has 0 fully saturated rings. The summed E-state index contributed by atoms with van der Waals surface area (Å²) in [7, 11) is 1.61. The Morgan fingerprint density at radius 2 is 1.82 bits per heavy atom. The molecule has 33 heavy (non-hydrogen) atoms. The maximum atomic E-state index is 13.3. The van der Waals surface area contributed by atoms with Gasteiger partial charge in [-0.25, -0.2) is 9.78 Å². The lowest BCUT2D eigenvalue weighted by atomic mass is 10.1. The highest BCUT2D eigenvalue weighted by Gasteiger charge is 2.24. The van der Waals surface area contributed by atoms with E-state index in [1.807, 2.05) is 48.5 Å². The van der Waals surface area contributed by atoms with Crippen LogP contribution in [0.3, 0.4) is 0 Å². The van der Waals surface area contributed by atoms with Gasteiger partial charge < -0.3 is 19.8 Å². The highest BCUT2D eigenvalue weighted by molar-refractivity contribution is 8.00. The van der Waals surface area contributed by atoms with Crippen LogP contribution < -0.4 is 10.1 Å². The first-order valence-corrected chi connectivity index (χ1v) is 11.3. The maximum absolute atomic E-state index is 13.3. The van der Waals surface area contributed by atoms with E-state index in [1.165, 1.54) is 11.8 Å². The number of anilines is 1. The number of aromatic nitrogens is 2. The number of nitrogens with zero attached hydrogens (tertiary/aromatic N) is 1. The molecular formula is C25H23N3O4S. The second kappa shape index (κ2) is 10.2. The highest BCUT2D eigenvalue weighted by Crippen LogP contribution is 2.36. The van der Waals surface area contributed by atoms with Gasteiger partial charge in [0.2, 0.25) is 5.91 Å². The Kier molecular flexibility index (Phi) is 6.95. The quantitative estimate of drug-likeness (QED) is 0.276. The number of carbonyl (C=O) groups excluding carboxylic acids is 2. The Labute approximate surface area is 195 Å². The fourth-order valence-electron chi connectivity index (χ4n) is 3.27. The standard InChI is InChI=1S/C25H23N3O4S/c1-3-32-24(30)17-9-11-18(12-10-17)26-23(29)22(16-7-5-4-6-8-16)33-25-27-20-14-13-19(31-2)15-21(20)28-25/h4-15,22H,3H2,1-2H3,(H,26,29)(H,27,28)/t22-/m0/s1. The normalized spacial score (nSPS) is 11.7. The molecule has 0 aliphatic carbocycles. The summed E-state index contributed by atoms with van der Waals surface area (Å²) in [6, 6.07) is 21.7. The smallest absolute Gasteiger partial charge is 0.338 e. The fraction of sp³-hybridized carbons (Fsp3) is 0.160. The molecule has 1 heterocycles. The lowest BCUT2D eigenvalue weighted by Crippen LogP contribution is -2.19. The zero-order valence-electron chi connectivity index (χ0n) is 18.2. The van der Waals surface area contributed by atoms with Gasteiger partial charge in [0.1, 0.15) is 11.0 Å². The van der Waals surface area contributed by atoms with E-state index in [4.69, 9.17) is 9.47 Å². The molecule has 1 atom stereocenters. The molecule has 1 amide bonds. The first-order chi connectivity index (χ1) is 16.1. The number of rotatable bonds is 8. The van der Waals surface area contributed by atoms with Crippen LogP contribution in [0.1, 0.15) is 28.1 Å². The van der Waals surface area contributed by atoms with Gasteiger partial charge >= 0.3 is 5.97 Å². The van der Waals surface area contributed by atoms with E-state index in [2.05, 4.69) is 15.3 Å². The summed E-state index contributed by atoms with van der Waals surface area (Å²) < 4.78 is 10.3. The Hall–Kier alpha value is -3.78. The predicted octanol–water partition coefficient (Wildman–Crippen LogP) is 5.22. The second-order valence-electron chi connectivity index (χ2n) is 7.12. The third kappa shape index (κ3) is 5.35. The van der Waals surface area contributed by atoms with Gasteiger partial charge in [-0.1, -0.05) is 42.1 Å². The molecule has 7 nitrogen and oxygen atoms in total. The monoisotopic (exact) mass is 461 g/mol. The zero-order chi connectivity index (χ0) is 23.2. The van der Waals surface area contributed by atoms with E-state index in [1.54, 1.807) is 38.3 Å². The summed E-state index contributed by atoms with van der Waals surface area (Å²) >= 11 is 1.33. The van der Waals surface area contributed by atoms with Gasteiger partial charge in [-0.05, 0) is 48.9 Å². The van der Waals surface area contributed by atoms with Crippen molar-refractivity contribution in [3.63, 3.8) is 0 Å². The van der Waals surface area contributed by atoms with Crippen molar-refractivity contribution in [1.82, 2.24) is 9.97 Å². The molecule has 0 spiro atoms. The molecule has 3 aromatic carbocycles. The van der Waals surface area contributed by atoms with Crippen LogP contribution in [0.25, 0.3) is 11.0 Å². The van der Waals surface area contributed by atoms with Crippen molar-refractivity contribution < 1.29 is 19.1 Å². The van der Waals surface area contributed by atoms with Crippen molar-refractivity contribution in [3.8, 4) is 5.75 Å². The molecule has 0 aliphatic rings. The molecule has 8 heteroatoms. The SMILES string of the molecule is CCOC(=O)c1ccc(NC(=O)[C@@H](Sc2nc3ccc(OC)cc3[nH]2)c2ccccc2)cc1. The number of fused-ring (bicyclic) bond motifs is 1. The lowest BCUT2D eigenvalue weighted by molar-refractivity contribution is -0.115. The van der Waals surface area contributed by atoms with Crippen LogP contribution in [-0.2, 0) is 9.53 Å². The van der Waals surface area contributed by atoms with Crippen molar-refractivity contribution >= 4 is 40.4 Å². The summed E-state index contributed by atoms with van der Waals surface area (Å²) in [4.78, 5) is 33.0. The number of H-pyrrole nitrogens is 1. The van der Waals surface area contributed by atoms with Gasteiger partial charge in [0.15, 0.2) is 5.16 Å². The number of imidazole rings is 1. The van der Waals surface area contributed by atoms with E-state index in [0.717, 1.165) is 22.3 Å². The molecule has 0 saturated carbocycles. The van der Waals surface area contributed by atoms with Crippen molar-refractivity contribution in [1.29, 1.82) is 0 Å². The molecule has 168 valence electrons. The summed E-state index contributed by atoms with van der Waals surface area (Å²) in [6.45, 7) is 2.06. The molecule has 4 rings (SSSR count). The molecule has 0 radical (unpaired) electrons. The Morgan fingerprint density at radius 3 is 2.52 bits per heavy atom. The van der Waals surface area contributed by atoms with Crippen LogP contribution >= 0.6 is 11.8 Å². The van der Waals surface area contributed by atoms with Crippen LogP contribution in [0.2, 0.25) is 0 Å². The van der Waals surface area contributed by atoms with Crippen molar-refractivity contribution in [2.45, 2.75) is 17.3 Å². The molecule has 0 aliphatic heterocycles. The molecule has 0 bridgehead atoms. The number of amides is 1. The number of methoxy groups -OCH3 is 1. The van der Waals surface area contributed by atoms with Crippen LogP contribution in [-0.4, -0.2) is 35.6 Å². The van der Waals surface area contributed by atoms with Gasteiger partial charge in [-0.15, -0.1) is 0 Å².